The Hall–Kier alpha value is -0.810. The van der Waals surface area contributed by atoms with Gasteiger partial charge in [-0.3, -0.25) is 0 Å². The van der Waals surface area contributed by atoms with E-state index in [1.165, 1.54) is 30.5 Å². The minimum atomic E-state index is 0.854. The summed E-state index contributed by atoms with van der Waals surface area (Å²) in [6.07, 6.45) is 8.25. The van der Waals surface area contributed by atoms with Crippen LogP contribution in [0.2, 0.25) is 0 Å². The molecule has 5 heteroatoms. The lowest BCUT2D eigenvalue weighted by molar-refractivity contribution is 0.333. The van der Waals surface area contributed by atoms with Crippen molar-refractivity contribution in [2.45, 2.75) is 37.3 Å². The highest BCUT2D eigenvalue weighted by Gasteiger charge is 2.20. The van der Waals surface area contributed by atoms with Crippen molar-refractivity contribution in [3.63, 3.8) is 0 Å². The third kappa shape index (κ3) is 3.03. The number of hydrogen-bond acceptors (Lipinski definition) is 5. The summed E-state index contributed by atoms with van der Waals surface area (Å²) in [5, 5.41) is 7.93. The number of nitrogens with one attached hydrogen (secondary N) is 2. The van der Waals surface area contributed by atoms with Crippen molar-refractivity contribution in [1.29, 1.82) is 0 Å². The summed E-state index contributed by atoms with van der Waals surface area (Å²) >= 11 is 1.63. The third-order valence-electron chi connectivity index (χ3n) is 4.13. The smallest absolute Gasteiger partial charge is 0.189 e. The number of aromatic nitrogens is 2. The molecule has 0 radical (unpaired) electrons. The van der Waals surface area contributed by atoms with Crippen molar-refractivity contribution in [1.82, 2.24) is 15.3 Å². The molecule has 0 saturated heterocycles. The molecule has 1 fully saturated rings. The molecule has 3 rings (SSSR count). The van der Waals surface area contributed by atoms with Crippen LogP contribution in [0.1, 0.15) is 30.5 Å². The maximum Gasteiger partial charge on any atom is 0.189 e. The second kappa shape index (κ2) is 6.09. The molecule has 0 amide bonds. The summed E-state index contributed by atoms with van der Waals surface area (Å²) in [5.74, 6) is 1.94. The van der Waals surface area contributed by atoms with Crippen LogP contribution in [-0.4, -0.2) is 35.9 Å². The number of fused-ring (bicyclic) bond motifs is 1. The molecular formula is C14H22N4S. The van der Waals surface area contributed by atoms with E-state index in [0.29, 0.717) is 0 Å². The molecule has 0 bridgehead atoms. The largest absolute Gasteiger partial charge is 0.369 e. The third-order valence-corrected chi connectivity index (χ3v) is 4.68. The minimum Gasteiger partial charge on any atom is -0.369 e. The molecule has 19 heavy (non-hydrogen) atoms. The summed E-state index contributed by atoms with van der Waals surface area (Å²) in [4.78, 5) is 9.38. The highest BCUT2D eigenvalue weighted by molar-refractivity contribution is 7.98. The number of hydrogen-bond donors (Lipinski definition) is 2. The lowest BCUT2D eigenvalue weighted by Gasteiger charge is -2.26. The van der Waals surface area contributed by atoms with E-state index in [-0.39, 0.29) is 0 Å². The van der Waals surface area contributed by atoms with Gasteiger partial charge in [-0.1, -0.05) is 18.2 Å². The van der Waals surface area contributed by atoms with Gasteiger partial charge in [0.25, 0.3) is 0 Å². The molecule has 2 heterocycles. The van der Waals surface area contributed by atoms with E-state index in [4.69, 9.17) is 0 Å². The molecule has 0 atom stereocenters. The van der Waals surface area contributed by atoms with Gasteiger partial charge < -0.3 is 10.6 Å². The highest BCUT2D eigenvalue weighted by Crippen LogP contribution is 2.28. The molecule has 0 unspecified atom stereocenters. The van der Waals surface area contributed by atoms with E-state index in [0.717, 1.165) is 49.4 Å². The Labute approximate surface area is 119 Å². The van der Waals surface area contributed by atoms with Gasteiger partial charge in [-0.2, -0.15) is 0 Å². The molecule has 1 aromatic heterocycles. The van der Waals surface area contributed by atoms with Gasteiger partial charge in [-0.15, -0.1) is 0 Å². The SMILES string of the molecule is CSc1nc2c(c(NCC3CCC3)n1)CCNCC2. The predicted molar refractivity (Wildman–Crippen MR) is 79.9 cm³/mol. The molecule has 2 aliphatic rings. The van der Waals surface area contributed by atoms with Crippen LogP contribution in [0.3, 0.4) is 0 Å². The van der Waals surface area contributed by atoms with Crippen molar-refractivity contribution in [2.75, 3.05) is 31.2 Å². The summed E-state index contributed by atoms with van der Waals surface area (Å²) in [7, 11) is 0. The molecule has 1 aliphatic heterocycles. The molecule has 0 aromatic carbocycles. The fourth-order valence-corrected chi connectivity index (χ4v) is 3.08. The summed E-state index contributed by atoms with van der Waals surface area (Å²) in [6, 6.07) is 0. The molecule has 4 nitrogen and oxygen atoms in total. The van der Waals surface area contributed by atoms with E-state index >= 15 is 0 Å². The zero-order valence-corrected chi connectivity index (χ0v) is 12.4. The molecule has 1 saturated carbocycles. The van der Waals surface area contributed by atoms with Crippen molar-refractivity contribution < 1.29 is 0 Å². The summed E-state index contributed by atoms with van der Waals surface area (Å²) in [5.41, 5.74) is 2.57. The van der Waals surface area contributed by atoms with Gasteiger partial charge in [0.15, 0.2) is 5.16 Å². The quantitative estimate of drug-likeness (QED) is 0.652. The normalized spacial score (nSPS) is 19.4. The van der Waals surface area contributed by atoms with E-state index in [1.54, 1.807) is 11.8 Å². The zero-order valence-electron chi connectivity index (χ0n) is 11.5. The second-order valence-electron chi connectivity index (χ2n) is 5.41. The van der Waals surface area contributed by atoms with Crippen molar-refractivity contribution in [3.8, 4) is 0 Å². The van der Waals surface area contributed by atoms with E-state index in [9.17, 15) is 0 Å². The Kier molecular flexibility index (Phi) is 4.23. The lowest BCUT2D eigenvalue weighted by Crippen LogP contribution is -2.22. The number of rotatable bonds is 4. The van der Waals surface area contributed by atoms with Gasteiger partial charge in [-0.25, -0.2) is 9.97 Å². The van der Waals surface area contributed by atoms with Crippen LogP contribution in [0.5, 0.6) is 0 Å². The standard InChI is InChI=1S/C14H22N4S/c1-19-14-17-12-6-8-15-7-5-11(12)13(18-14)16-9-10-3-2-4-10/h10,15H,2-9H2,1H3,(H,16,17,18). The average molecular weight is 278 g/mol. The predicted octanol–water partition coefficient (Wildman–Crippen LogP) is 2.10. The Morgan fingerprint density at radius 3 is 2.84 bits per heavy atom. The monoisotopic (exact) mass is 278 g/mol. The Morgan fingerprint density at radius 1 is 1.26 bits per heavy atom. The average Bonchev–Trinajstić information content (AvgIpc) is 2.61. The van der Waals surface area contributed by atoms with Crippen molar-refractivity contribution >= 4 is 17.6 Å². The van der Waals surface area contributed by atoms with Crippen LogP contribution in [0.15, 0.2) is 5.16 Å². The Balaban J connectivity index is 1.82. The fraction of sp³-hybridized carbons (Fsp3) is 0.714. The summed E-state index contributed by atoms with van der Waals surface area (Å²) in [6.45, 7) is 3.14. The lowest BCUT2D eigenvalue weighted by atomic mass is 9.85. The number of nitrogens with zero attached hydrogens (tertiary/aromatic N) is 2. The van der Waals surface area contributed by atoms with Crippen LogP contribution in [-0.2, 0) is 12.8 Å². The van der Waals surface area contributed by atoms with E-state index in [1.807, 2.05) is 6.26 Å². The molecule has 2 N–H and O–H groups in total. The van der Waals surface area contributed by atoms with Crippen molar-refractivity contribution in [3.05, 3.63) is 11.3 Å². The first-order valence-corrected chi connectivity index (χ1v) is 8.47. The minimum absolute atomic E-state index is 0.854. The molecule has 104 valence electrons. The topological polar surface area (TPSA) is 49.8 Å². The number of anilines is 1. The molecule has 1 aliphatic carbocycles. The fourth-order valence-electron chi connectivity index (χ4n) is 2.70. The Morgan fingerprint density at radius 2 is 2.11 bits per heavy atom. The van der Waals surface area contributed by atoms with Crippen molar-refractivity contribution in [2.24, 2.45) is 5.92 Å². The first-order chi connectivity index (χ1) is 9.36. The molecule has 1 aromatic rings. The second-order valence-corrected chi connectivity index (χ2v) is 6.19. The van der Waals surface area contributed by atoms with Gasteiger partial charge in [0, 0.05) is 25.1 Å². The maximum atomic E-state index is 4.69. The molecule has 0 spiro atoms. The first kappa shape index (κ1) is 13.2. The van der Waals surface area contributed by atoms with Crippen LogP contribution in [0.4, 0.5) is 5.82 Å². The zero-order chi connectivity index (χ0) is 13.1. The Bertz CT molecular complexity index is 445. The van der Waals surface area contributed by atoms with Crippen LogP contribution >= 0.6 is 11.8 Å². The van der Waals surface area contributed by atoms with Gasteiger partial charge in [0.2, 0.25) is 0 Å². The van der Waals surface area contributed by atoms with E-state index in [2.05, 4.69) is 20.6 Å². The van der Waals surface area contributed by atoms with Crippen LogP contribution < -0.4 is 10.6 Å². The highest BCUT2D eigenvalue weighted by atomic mass is 32.2. The van der Waals surface area contributed by atoms with E-state index < -0.39 is 0 Å². The summed E-state index contributed by atoms with van der Waals surface area (Å²) < 4.78 is 0. The van der Waals surface area contributed by atoms with Gasteiger partial charge in [0.05, 0.1) is 5.69 Å². The molecular weight excluding hydrogens is 256 g/mol. The van der Waals surface area contributed by atoms with Gasteiger partial charge in [0.1, 0.15) is 5.82 Å². The van der Waals surface area contributed by atoms with Crippen LogP contribution in [0, 0.1) is 5.92 Å². The maximum absolute atomic E-state index is 4.69. The van der Waals surface area contributed by atoms with Gasteiger partial charge in [-0.05, 0) is 38.0 Å². The number of thioether (sulfide) groups is 1. The van der Waals surface area contributed by atoms with Crippen LogP contribution in [0.25, 0.3) is 0 Å². The van der Waals surface area contributed by atoms with Gasteiger partial charge >= 0.3 is 0 Å². The first-order valence-electron chi connectivity index (χ1n) is 7.25.